The number of aromatic nitrogens is 1. The normalized spacial score (nSPS) is 10.6. The molecule has 0 aliphatic heterocycles. The first-order valence-corrected chi connectivity index (χ1v) is 6.89. The molecule has 0 bridgehead atoms. The van der Waals surface area contributed by atoms with Gasteiger partial charge in [-0.25, -0.2) is 4.98 Å². The number of nitrogens with zero attached hydrogens (tertiary/aromatic N) is 1. The van der Waals surface area contributed by atoms with Gasteiger partial charge in [-0.1, -0.05) is 30.3 Å². The monoisotopic (exact) mass is 258 g/mol. The number of thiazole rings is 1. The SMILES string of the molecule is Nc1nc(-c2ccc(-c3ccccc3)s2)cs1. The van der Waals surface area contributed by atoms with Crippen LogP contribution in [0.4, 0.5) is 5.13 Å². The van der Waals surface area contributed by atoms with Crippen molar-refractivity contribution in [3.63, 3.8) is 0 Å². The van der Waals surface area contributed by atoms with Crippen molar-refractivity contribution < 1.29 is 0 Å². The standard InChI is InChI=1S/C13H10N2S2/c14-13-15-10(8-16-13)12-7-6-11(17-12)9-4-2-1-3-5-9/h1-8H,(H2,14,15). The molecule has 3 aromatic rings. The third-order valence-electron chi connectivity index (χ3n) is 2.44. The third kappa shape index (κ3) is 2.09. The van der Waals surface area contributed by atoms with Crippen LogP contribution in [0.5, 0.6) is 0 Å². The molecule has 2 nitrogen and oxygen atoms in total. The fourth-order valence-corrected chi connectivity index (χ4v) is 3.24. The van der Waals surface area contributed by atoms with Crippen LogP contribution < -0.4 is 5.73 Å². The molecule has 0 fully saturated rings. The minimum Gasteiger partial charge on any atom is -0.375 e. The molecular weight excluding hydrogens is 248 g/mol. The Hall–Kier alpha value is -1.65. The number of hydrogen-bond donors (Lipinski definition) is 1. The molecule has 1 aromatic carbocycles. The maximum Gasteiger partial charge on any atom is 0.180 e. The van der Waals surface area contributed by atoms with Crippen LogP contribution >= 0.6 is 22.7 Å². The van der Waals surface area contributed by atoms with E-state index < -0.39 is 0 Å². The predicted octanol–water partition coefficient (Wildman–Crippen LogP) is 4.12. The van der Waals surface area contributed by atoms with Crippen LogP contribution in [0.15, 0.2) is 47.8 Å². The molecule has 84 valence electrons. The molecule has 2 heterocycles. The van der Waals surface area contributed by atoms with Crippen LogP contribution in [-0.2, 0) is 0 Å². The van der Waals surface area contributed by atoms with Gasteiger partial charge in [0.1, 0.15) is 0 Å². The summed E-state index contributed by atoms with van der Waals surface area (Å²) in [6, 6.07) is 14.6. The van der Waals surface area contributed by atoms with Crippen LogP contribution in [0.25, 0.3) is 21.0 Å². The van der Waals surface area contributed by atoms with Gasteiger partial charge in [0.2, 0.25) is 0 Å². The molecular formula is C13H10N2S2. The quantitative estimate of drug-likeness (QED) is 0.751. The first kappa shape index (κ1) is 10.5. The lowest BCUT2D eigenvalue weighted by atomic mass is 10.2. The first-order valence-electron chi connectivity index (χ1n) is 5.19. The molecule has 17 heavy (non-hydrogen) atoms. The fraction of sp³-hybridized carbons (Fsp3) is 0. The van der Waals surface area contributed by atoms with Crippen LogP contribution in [0.3, 0.4) is 0 Å². The average molecular weight is 258 g/mol. The van der Waals surface area contributed by atoms with Gasteiger partial charge in [0.25, 0.3) is 0 Å². The van der Waals surface area contributed by atoms with Crippen LogP contribution in [0.2, 0.25) is 0 Å². The first-order chi connectivity index (χ1) is 8.33. The van der Waals surface area contributed by atoms with E-state index in [2.05, 4.69) is 41.4 Å². The van der Waals surface area contributed by atoms with Gasteiger partial charge in [0, 0.05) is 10.3 Å². The smallest absolute Gasteiger partial charge is 0.180 e. The molecule has 0 saturated carbocycles. The summed E-state index contributed by atoms with van der Waals surface area (Å²) < 4.78 is 0. The molecule has 0 spiro atoms. The summed E-state index contributed by atoms with van der Waals surface area (Å²) in [5, 5.41) is 2.62. The second-order valence-electron chi connectivity index (χ2n) is 3.60. The molecule has 0 saturated heterocycles. The van der Waals surface area contributed by atoms with Gasteiger partial charge < -0.3 is 5.73 Å². The van der Waals surface area contributed by atoms with Crippen molar-refractivity contribution in [3.8, 4) is 21.0 Å². The zero-order valence-corrected chi connectivity index (χ0v) is 10.6. The molecule has 2 aromatic heterocycles. The third-order valence-corrected chi connectivity index (χ3v) is 4.27. The molecule has 3 rings (SSSR count). The van der Waals surface area contributed by atoms with Crippen molar-refractivity contribution in [1.82, 2.24) is 4.98 Å². The molecule has 0 amide bonds. The lowest BCUT2D eigenvalue weighted by Gasteiger charge is -1.94. The summed E-state index contributed by atoms with van der Waals surface area (Å²) in [5.41, 5.74) is 7.86. The zero-order valence-electron chi connectivity index (χ0n) is 8.96. The summed E-state index contributed by atoms with van der Waals surface area (Å²) in [7, 11) is 0. The summed E-state index contributed by atoms with van der Waals surface area (Å²) in [6.07, 6.45) is 0. The van der Waals surface area contributed by atoms with E-state index in [9.17, 15) is 0 Å². The van der Waals surface area contributed by atoms with Gasteiger partial charge in [-0.05, 0) is 17.7 Å². The zero-order chi connectivity index (χ0) is 11.7. The molecule has 4 heteroatoms. The maximum atomic E-state index is 5.65. The van der Waals surface area contributed by atoms with Gasteiger partial charge in [-0.15, -0.1) is 22.7 Å². The average Bonchev–Trinajstić information content (AvgIpc) is 2.98. The van der Waals surface area contributed by atoms with E-state index in [1.165, 1.54) is 21.8 Å². The molecule has 0 radical (unpaired) electrons. The van der Waals surface area contributed by atoms with E-state index in [0.29, 0.717) is 5.13 Å². The molecule has 0 unspecified atom stereocenters. The lowest BCUT2D eigenvalue weighted by molar-refractivity contribution is 1.43. The minimum absolute atomic E-state index is 0.620. The van der Waals surface area contributed by atoms with E-state index >= 15 is 0 Å². The molecule has 2 N–H and O–H groups in total. The highest BCUT2D eigenvalue weighted by Crippen LogP contribution is 2.34. The summed E-state index contributed by atoms with van der Waals surface area (Å²) in [4.78, 5) is 6.71. The van der Waals surface area contributed by atoms with Crippen molar-refractivity contribution in [2.75, 3.05) is 5.73 Å². The van der Waals surface area contributed by atoms with Gasteiger partial charge in [0.15, 0.2) is 5.13 Å². The Bertz CT molecular complexity index is 626. The Labute approximate surface area is 107 Å². The highest BCUT2D eigenvalue weighted by atomic mass is 32.1. The molecule has 0 aliphatic carbocycles. The highest BCUT2D eigenvalue weighted by Gasteiger charge is 2.07. The Morgan fingerprint density at radius 2 is 1.71 bits per heavy atom. The maximum absolute atomic E-state index is 5.65. The Kier molecular flexibility index (Phi) is 2.66. The van der Waals surface area contributed by atoms with Gasteiger partial charge >= 0.3 is 0 Å². The van der Waals surface area contributed by atoms with Crippen molar-refractivity contribution in [2.45, 2.75) is 0 Å². The van der Waals surface area contributed by atoms with E-state index in [-0.39, 0.29) is 0 Å². The number of nitrogen functional groups attached to an aromatic ring is 1. The van der Waals surface area contributed by atoms with E-state index in [1.807, 2.05) is 11.4 Å². The minimum atomic E-state index is 0.620. The number of thiophene rings is 1. The van der Waals surface area contributed by atoms with E-state index in [0.717, 1.165) is 10.6 Å². The Morgan fingerprint density at radius 3 is 2.41 bits per heavy atom. The van der Waals surface area contributed by atoms with E-state index in [4.69, 9.17) is 5.73 Å². The second-order valence-corrected chi connectivity index (χ2v) is 5.57. The topological polar surface area (TPSA) is 38.9 Å². The van der Waals surface area contributed by atoms with Crippen molar-refractivity contribution in [1.29, 1.82) is 0 Å². The van der Waals surface area contributed by atoms with Gasteiger partial charge in [-0.3, -0.25) is 0 Å². The summed E-state index contributed by atoms with van der Waals surface area (Å²) in [5.74, 6) is 0. The second kappa shape index (κ2) is 4.31. The Balaban J connectivity index is 1.99. The van der Waals surface area contributed by atoms with Gasteiger partial charge in [-0.2, -0.15) is 0 Å². The number of hydrogen-bond acceptors (Lipinski definition) is 4. The number of rotatable bonds is 2. The fourth-order valence-electron chi connectivity index (χ4n) is 1.63. The van der Waals surface area contributed by atoms with Crippen LogP contribution in [0, 0.1) is 0 Å². The van der Waals surface area contributed by atoms with Crippen molar-refractivity contribution in [2.24, 2.45) is 0 Å². The van der Waals surface area contributed by atoms with Gasteiger partial charge in [0.05, 0.1) is 10.6 Å². The number of benzene rings is 1. The van der Waals surface area contributed by atoms with Crippen LogP contribution in [-0.4, -0.2) is 4.98 Å². The summed E-state index contributed by atoms with van der Waals surface area (Å²) >= 11 is 3.22. The largest absolute Gasteiger partial charge is 0.375 e. The molecule has 0 atom stereocenters. The lowest BCUT2D eigenvalue weighted by Crippen LogP contribution is -1.80. The van der Waals surface area contributed by atoms with Crippen molar-refractivity contribution in [3.05, 3.63) is 47.8 Å². The van der Waals surface area contributed by atoms with Crippen LogP contribution in [0.1, 0.15) is 0 Å². The number of anilines is 1. The predicted molar refractivity (Wildman–Crippen MR) is 75.3 cm³/mol. The van der Waals surface area contributed by atoms with E-state index in [1.54, 1.807) is 11.3 Å². The highest BCUT2D eigenvalue weighted by molar-refractivity contribution is 7.19. The van der Waals surface area contributed by atoms with Crippen molar-refractivity contribution >= 4 is 27.8 Å². The summed E-state index contributed by atoms with van der Waals surface area (Å²) in [6.45, 7) is 0. The number of nitrogens with two attached hydrogens (primary N) is 1. The Morgan fingerprint density at radius 1 is 0.941 bits per heavy atom. The molecule has 0 aliphatic rings.